The van der Waals surface area contributed by atoms with E-state index in [0.29, 0.717) is 10.6 Å². The van der Waals surface area contributed by atoms with Crippen molar-refractivity contribution in [1.82, 2.24) is 9.78 Å². The first-order valence-corrected chi connectivity index (χ1v) is 7.70. The second-order valence-corrected chi connectivity index (χ2v) is 6.11. The zero-order chi connectivity index (χ0) is 15.5. The normalized spacial score (nSPS) is 10.8. The fraction of sp³-hybridized carbons (Fsp3) is 0.154. The van der Waals surface area contributed by atoms with Crippen molar-refractivity contribution in [2.45, 2.75) is 5.03 Å². The number of sulfonamides is 1. The number of anilines is 1. The molecule has 2 rings (SSSR count). The summed E-state index contributed by atoms with van der Waals surface area (Å²) in [4.78, 5) is 0. The van der Waals surface area contributed by atoms with E-state index in [4.69, 9.17) is 16.7 Å². The molecule has 2 N–H and O–H groups in total. The number of halogens is 1. The van der Waals surface area contributed by atoms with E-state index in [9.17, 15) is 8.42 Å². The van der Waals surface area contributed by atoms with E-state index in [0.717, 1.165) is 0 Å². The molecule has 0 saturated heterocycles. The molecule has 0 atom stereocenters. The van der Waals surface area contributed by atoms with Gasteiger partial charge in [0.25, 0.3) is 10.0 Å². The molecule has 0 aliphatic carbocycles. The Labute approximate surface area is 127 Å². The van der Waals surface area contributed by atoms with Gasteiger partial charge in [-0.05, 0) is 24.3 Å². The van der Waals surface area contributed by atoms with E-state index in [2.05, 4.69) is 21.7 Å². The van der Waals surface area contributed by atoms with Gasteiger partial charge in [0.05, 0.1) is 17.4 Å². The van der Waals surface area contributed by atoms with Crippen molar-refractivity contribution in [3.63, 3.8) is 0 Å². The number of aryl methyl sites for hydroxylation is 1. The molecule has 0 bridgehead atoms. The predicted molar refractivity (Wildman–Crippen MR) is 79.4 cm³/mol. The number of rotatable bonds is 3. The Bertz CT molecular complexity index is 819. The predicted octanol–water partition coefficient (Wildman–Crippen LogP) is 1.22. The molecule has 1 aromatic heterocycles. The molecule has 6 nitrogen and oxygen atoms in total. The van der Waals surface area contributed by atoms with Crippen LogP contribution in [-0.4, -0.2) is 29.9 Å². The minimum atomic E-state index is -3.78. The minimum absolute atomic E-state index is 0.0264. The highest BCUT2D eigenvalue weighted by Crippen LogP contribution is 2.22. The van der Waals surface area contributed by atoms with Gasteiger partial charge in [-0.1, -0.05) is 23.4 Å². The van der Waals surface area contributed by atoms with Crippen LogP contribution in [0.5, 0.6) is 0 Å². The number of aliphatic hydroxyl groups is 1. The molecule has 0 unspecified atom stereocenters. The minimum Gasteiger partial charge on any atom is -0.384 e. The highest BCUT2D eigenvalue weighted by Gasteiger charge is 2.19. The number of aliphatic hydroxyl groups excluding tert-OH is 1. The van der Waals surface area contributed by atoms with E-state index >= 15 is 0 Å². The topological polar surface area (TPSA) is 84.2 Å². The molecule has 0 fully saturated rings. The lowest BCUT2D eigenvalue weighted by Gasteiger charge is -2.10. The van der Waals surface area contributed by atoms with Crippen LogP contribution in [0.2, 0.25) is 5.02 Å². The Morgan fingerprint density at radius 1 is 1.43 bits per heavy atom. The van der Waals surface area contributed by atoms with Crippen molar-refractivity contribution in [3.8, 4) is 11.8 Å². The summed E-state index contributed by atoms with van der Waals surface area (Å²) < 4.78 is 28.3. The average molecular weight is 326 g/mol. The van der Waals surface area contributed by atoms with E-state index in [1.165, 1.54) is 36.1 Å². The molecule has 0 saturated carbocycles. The van der Waals surface area contributed by atoms with Gasteiger partial charge in [-0.2, -0.15) is 13.5 Å². The summed E-state index contributed by atoms with van der Waals surface area (Å²) in [6.07, 6.45) is 1.39. The Morgan fingerprint density at radius 3 is 2.81 bits per heavy atom. The molecule has 8 heteroatoms. The van der Waals surface area contributed by atoms with Gasteiger partial charge in [0, 0.05) is 12.1 Å². The smallest absolute Gasteiger partial charge is 0.279 e. The zero-order valence-corrected chi connectivity index (χ0v) is 12.6. The van der Waals surface area contributed by atoms with Crippen LogP contribution in [0, 0.1) is 11.8 Å². The Kier molecular flexibility index (Phi) is 4.53. The van der Waals surface area contributed by atoms with E-state index in [1.54, 1.807) is 6.07 Å². The number of nitrogens with one attached hydrogen (secondary N) is 1. The summed E-state index contributed by atoms with van der Waals surface area (Å²) in [6, 6.07) is 5.97. The van der Waals surface area contributed by atoms with Gasteiger partial charge in [-0.3, -0.25) is 9.40 Å². The van der Waals surface area contributed by atoms with Gasteiger partial charge >= 0.3 is 0 Å². The average Bonchev–Trinajstić information content (AvgIpc) is 2.86. The van der Waals surface area contributed by atoms with Crippen LogP contribution in [0.3, 0.4) is 0 Å². The fourth-order valence-electron chi connectivity index (χ4n) is 1.67. The van der Waals surface area contributed by atoms with Crippen molar-refractivity contribution >= 4 is 27.3 Å². The molecule has 0 aliphatic rings. The van der Waals surface area contributed by atoms with Gasteiger partial charge in [0.15, 0.2) is 5.03 Å². The molecule has 0 spiro atoms. The second kappa shape index (κ2) is 6.18. The Hall–Kier alpha value is -2.01. The van der Waals surface area contributed by atoms with Crippen molar-refractivity contribution in [2.75, 3.05) is 11.3 Å². The van der Waals surface area contributed by atoms with E-state index in [1.807, 2.05) is 0 Å². The van der Waals surface area contributed by atoms with E-state index < -0.39 is 10.0 Å². The summed E-state index contributed by atoms with van der Waals surface area (Å²) >= 11 is 5.87. The van der Waals surface area contributed by atoms with Crippen LogP contribution in [0.25, 0.3) is 0 Å². The van der Waals surface area contributed by atoms with Gasteiger partial charge in [-0.15, -0.1) is 0 Å². The summed E-state index contributed by atoms with van der Waals surface area (Å²) in [5.41, 5.74) is 0.656. The zero-order valence-electron chi connectivity index (χ0n) is 11.0. The van der Waals surface area contributed by atoms with Crippen molar-refractivity contribution in [1.29, 1.82) is 0 Å². The lowest BCUT2D eigenvalue weighted by Crippen LogP contribution is -2.17. The number of hydrogen-bond acceptors (Lipinski definition) is 4. The standard InChI is InChI=1S/C13H12ClN3O3S/c1-17-13(6-7-15-17)21(19,20)16-12-5-4-11(14)9-10(12)3-2-8-18/h4-7,9,16,18H,8H2,1H3. The van der Waals surface area contributed by atoms with Crippen molar-refractivity contribution < 1.29 is 13.5 Å². The molecule has 21 heavy (non-hydrogen) atoms. The number of hydrogen-bond donors (Lipinski definition) is 2. The first-order valence-electron chi connectivity index (χ1n) is 5.84. The van der Waals surface area contributed by atoms with Crippen molar-refractivity contribution in [2.24, 2.45) is 7.05 Å². The van der Waals surface area contributed by atoms with Crippen LogP contribution in [0.15, 0.2) is 35.5 Å². The van der Waals surface area contributed by atoms with Gasteiger partial charge < -0.3 is 5.11 Å². The molecule has 2 aromatic rings. The Balaban J connectivity index is 2.42. The summed E-state index contributed by atoms with van der Waals surface area (Å²) in [7, 11) is -2.25. The molecule has 0 aliphatic heterocycles. The van der Waals surface area contributed by atoms with Crippen molar-refractivity contribution in [3.05, 3.63) is 41.0 Å². The molecule has 1 aromatic carbocycles. The maximum atomic E-state index is 12.3. The van der Waals surface area contributed by atoms with Gasteiger partial charge in [0.1, 0.15) is 6.61 Å². The highest BCUT2D eigenvalue weighted by molar-refractivity contribution is 7.92. The summed E-state index contributed by atoms with van der Waals surface area (Å²) in [5.74, 6) is 5.11. The molecule has 110 valence electrons. The highest BCUT2D eigenvalue weighted by atomic mass is 35.5. The molecule has 0 amide bonds. The van der Waals surface area contributed by atoms with Crippen LogP contribution in [0.4, 0.5) is 5.69 Å². The lowest BCUT2D eigenvalue weighted by atomic mass is 10.2. The quantitative estimate of drug-likeness (QED) is 0.831. The van der Waals surface area contributed by atoms with Crippen LogP contribution < -0.4 is 4.72 Å². The molecular formula is C13H12ClN3O3S. The SMILES string of the molecule is Cn1nccc1S(=O)(=O)Nc1ccc(Cl)cc1C#CCO. The maximum absolute atomic E-state index is 12.3. The van der Waals surface area contributed by atoms with Crippen LogP contribution in [0.1, 0.15) is 5.56 Å². The molecule has 0 radical (unpaired) electrons. The third-order valence-electron chi connectivity index (χ3n) is 2.58. The number of aromatic nitrogens is 2. The summed E-state index contributed by atoms with van der Waals surface area (Å²) in [6.45, 7) is -0.333. The second-order valence-electron chi connectivity index (χ2n) is 4.05. The number of benzene rings is 1. The molecular weight excluding hydrogens is 314 g/mol. The number of nitrogens with zero attached hydrogens (tertiary/aromatic N) is 2. The third-order valence-corrected chi connectivity index (χ3v) is 4.25. The van der Waals surface area contributed by atoms with Gasteiger partial charge in [-0.25, -0.2) is 0 Å². The fourth-order valence-corrected chi connectivity index (χ4v) is 3.05. The third kappa shape index (κ3) is 3.55. The maximum Gasteiger partial charge on any atom is 0.279 e. The molecule has 1 heterocycles. The summed E-state index contributed by atoms with van der Waals surface area (Å²) in [5, 5.41) is 13.0. The van der Waals surface area contributed by atoms with E-state index in [-0.39, 0.29) is 17.3 Å². The van der Waals surface area contributed by atoms with Gasteiger partial charge in [0.2, 0.25) is 0 Å². The first-order chi connectivity index (χ1) is 9.94. The lowest BCUT2D eigenvalue weighted by molar-refractivity contribution is 0.350. The Morgan fingerprint density at radius 2 is 2.19 bits per heavy atom. The largest absolute Gasteiger partial charge is 0.384 e. The van der Waals surface area contributed by atoms with Crippen LogP contribution in [-0.2, 0) is 17.1 Å². The monoisotopic (exact) mass is 325 g/mol. The van der Waals surface area contributed by atoms with Crippen LogP contribution >= 0.6 is 11.6 Å². The first kappa shape index (κ1) is 15.4.